The van der Waals surface area contributed by atoms with E-state index in [9.17, 15) is 26.7 Å². The molecular formula is C10H20F4O6P2. The van der Waals surface area contributed by atoms with Crippen LogP contribution in [-0.2, 0) is 27.2 Å². The molecule has 0 bridgehead atoms. The van der Waals surface area contributed by atoms with Gasteiger partial charge in [0.1, 0.15) is 0 Å². The fourth-order valence-corrected chi connectivity index (χ4v) is 4.96. The molecular weight excluding hydrogens is 354 g/mol. The molecule has 0 aliphatic carbocycles. The van der Waals surface area contributed by atoms with Crippen LogP contribution in [0.3, 0.4) is 0 Å². The van der Waals surface area contributed by atoms with Crippen LogP contribution in [0.4, 0.5) is 17.6 Å². The number of hydrogen-bond acceptors (Lipinski definition) is 6. The van der Waals surface area contributed by atoms with Crippen molar-refractivity contribution in [2.45, 2.75) is 39.0 Å². The predicted octanol–water partition coefficient (Wildman–Crippen LogP) is 4.70. The van der Waals surface area contributed by atoms with Crippen molar-refractivity contribution in [1.29, 1.82) is 0 Å². The minimum atomic E-state index is -5.60. The molecule has 6 nitrogen and oxygen atoms in total. The molecule has 22 heavy (non-hydrogen) atoms. The summed E-state index contributed by atoms with van der Waals surface area (Å²) in [5, 5.41) is 0. The zero-order valence-electron chi connectivity index (χ0n) is 12.7. The summed E-state index contributed by atoms with van der Waals surface area (Å²) < 4.78 is 97.7. The van der Waals surface area contributed by atoms with E-state index < -0.39 is 52.9 Å². The van der Waals surface area contributed by atoms with Crippen LogP contribution in [-0.4, -0.2) is 37.8 Å². The lowest BCUT2D eigenvalue weighted by Crippen LogP contribution is -2.42. The van der Waals surface area contributed by atoms with Gasteiger partial charge in [-0.2, -0.15) is 17.6 Å². The Kier molecular flexibility index (Phi) is 8.22. The molecule has 0 fully saturated rings. The Morgan fingerprint density at radius 3 is 0.955 bits per heavy atom. The van der Waals surface area contributed by atoms with E-state index >= 15 is 0 Å². The van der Waals surface area contributed by atoms with E-state index in [1.165, 1.54) is 27.7 Å². The Morgan fingerprint density at radius 2 is 0.818 bits per heavy atom. The lowest BCUT2D eigenvalue weighted by Gasteiger charge is -2.34. The van der Waals surface area contributed by atoms with Gasteiger partial charge < -0.3 is 18.1 Å². The minimum absolute atomic E-state index is 0.573. The van der Waals surface area contributed by atoms with Gasteiger partial charge in [-0.15, -0.1) is 0 Å². The first-order valence-electron chi connectivity index (χ1n) is 6.53. The molecule has 0 rings (SSSR count). The predicted molar refractivity (Wildman–Crippen MR) is 71.6 cm³/mol. The topological polar surface area (TPSA) is 71.1 Å². The van der Waals surface area contributed by atoms with Gasteiger partial charge in [-0.05, 0) is 27.7 Å². The monoisotopic (exact) mass is 374 g/mol. The molecule has 0 amide bonds. The summed E-state index contributed by atoms with van der Waals surface area (Å²) in [6, 6.07) is 0. The van der Waals surface area contributed by atoms with Crippen molar-refractivity contribution in [3.63, 3.8) is 0 Å². The van der Waals surface area contributed by atoms with E-state index in [2.05, 4.69) is 18.1 Å². The molecule has 0 atom stereocenters. The molecule has 0 aromatic rings. The van der Waals surface area contributed by atoms with Crippen LogP contribution >= 0.6 is 15.2 Å². The third-order valence-corrected chi connectivity index (χ3v) is 6.75. The molecule has 0 aromatic heterocycles. The zero-order chi connectivity index (χ0) is 17.7. The Balaban J connectivity index is 5.98. The standard InChI is InChI=1S/C10H20F4O6P2/c1-5-17-21(15,18-6-2)9(11,12)10(13,14)22(16,19-7-3)20-8-4/h5-8H2,1-4H3. The first-order chi connectivity index (χ1) is 9.99. The van der Waals surface area contributed by atoms with Gasteiger partial charge in [0.25, 0.3) is 0 Å². The molecule has 0 N–H and O–H groups in total. The second-order valence-electron chi connectivity index (χ2n) is 3.75. The largest absolute Gasteiger partial charge is 0.419 e. The maximum atomic E-state index is 14.2. The SMILES string of the molecule is CCOP(=O)(OCC)C(F)(F)C(F)(F)P(=O)(OCC)OCC. The Bertz CT molecular complexity index is 385. The van der Waals surface area contributed by atoms with Crippen LogP contribution in [0.1, 0.15) is 27.7 Å². The lowest BCUT2D eigenvalue weighted by atomic mass is 10.7. The van der Waals surface area contributed by atoms with Crippen molar-refractivity contribution in [2.75, 3.05) is 26.4 Å². The van der Waals surface area contributed by atoms with Crippen molar-refractivity contribution in [3.05, 3.63) is 0 Å². The van der Waals surface area contributed by atoms with Crippen LogP contribution in [0.5, 0.6) is 0 Å². The highest BCUT2D eigenvalue weighted by Gasteiger charge is 2.79. The van der Waals surface area contributed by atoms with E-state index in [0.717, 1.165) is 0 Å². The van der Waals surface area contributed by atoms with E-state index in [1.807, 2.05) is 0 Å². The smallest absolute Gasteiger partial charge is 0.305 e. The van der Waals surface area contributed by atoms with Gasteiger partial charge in [0.2, 0.25) is 0 Å². The van der Waals surface area contributed by atoms with E-state index in [1.54, 1.807) is 0 Å². The average molecular weight is 374 g/mol. The molecule has 0 heterocycles. The van der Waals surface area contributed by atoms with Crippen molar-refractivity contribution in [3.8, 4) is 0 Å². The van der Waals surface area contributed by atoms with Crippen LogP contribution in [0.25, 0.3) is 0 Å². The molecule has 0 spiro atoms. The van der Waals surface area contributed by atoms with Crippen LogP contribution in [0.15, 0.2) is 0 Å². The van der Waals surface area contributed by atoms with Gasteiger partial charge in [0.05, 0.1) is 26.4 Å². The summed E-state index contributed by atoms with van der Waals surface area (Å²) in [5.41, 5.74) is -10.8. The summed E-state index contributed by atoms with van der Waals surface area (Å²) in [6.45, 7) is 2.39. The van der Waals surface area contributed by atoms with Crippen LogP contribution < -0.4 is 0 Å². The number of halogens is 4. The highest BCUT2D eigenvalue weighted by molar-refractivity contribution is 7.60. The van der Waals surface area contributed by atoms with Gasteiger partial charge >= 0.3 is 26.5 Å². The highest BCUT2D eigenvalue weighted by Crippen LogP contribution is 2.77. The fraction of sp³-hybridized carbons (Fsp3) is 1.00. The van der Waals surface area contributed by atoms with Crippen LogP contribution in [0, 0.1) is 0 Å². The highest BCUT2D eigenvalue weighted by atomic mass is 31.2. The molecule has 0 unspecified atom stereocenters. The minimum Gasteiger partial charge on any atom is -0.305 e. The number of hydrogen-bond donors (Lipinski definition) is 0. The summed E-state index contributed by atoms with van der Waals surface area (Å²) in [7, 11) is -11.2. The second-order valence-corrected chi connectivity index (χ2v) is 7.89. The van der Waals surface area contributed by atoms with Gasteiger partial charge in [0.15, 0.2) is 0 Å². The van der Waals surface area contributed by atoms with E-state index in [4.69, 9.17) is 0 Å². The molecule has 0 saturated heterocycles. The summed E-state index contributed by atoms with van der Waals surface area (Å²) in [5.74, 6) is 0. The Labute approximate surface area is 126 Å². The van der Waals surface area contributed by atoms with Gasteiger partial charge in [-0.3, -0.25) is 9.13 Å². The lowest BCUT2D eigenvalue weighted by molar-refractivity contribution is -0.131. The van der Waals surface area contributed by atoms with E-state index in [-0.39, 0.29) is 0 Å². The average Bonchev–Trinajstić information content (AvgIpc) is 2.39. The summed E-state index contributed by atoms with van der Waals surface area (Å²) in [6.07, 6.45) is 0. The molecule has 12 heteroatoms. The molecule has 0 radical (unpaired) electrons. The van der Waals surface area contributed by atoms with Crippen molar-refractivity contribution in [1.82, 2.24) is 0 Å². The third kappa shape index (κ3) is 3.91. The third-order valence-electron chi connectivity index (χ3n) is 2.25. The molecule has 0 aliphatic rings. The summed E-state index contributed by atoms with van der Waals surface area (Å²) >= 11 is 0. The fourth-order valence-electron chi connectivity index (χ4n) is 1.41. The second kappa shape index (κ2) is 8.22. The molecule has 0 aromatic carbocycles. The number of alkyl halides is 4. The van der Waals surface area contributed by atoms with Crippen molar-refractivity contribution in [2.24, 2.45) is 0 Å². The Hall–Kier alpha value is 0.0200. The van der Waals surface area contributed by atoms with Crippen molar-refractivity contribution < 1.29 is 44.8 Å². The summed E-state index contributed by atoms with van der Waals surface area (Å²) in [4.78, 5) is 0. The van der Waals surface area contributed by atoms with Crippen LogP contribution in [0.2, 0.25) is 0 Å². The van der Waals surface area contributed by atoms with Crippen molar-refractivity contribution >= 4 is 15.2 Å². The van der Waals surface area contributed by atoms with E-state index in [0.29, 0.717) is 0 Å². The van der Waals surface area contributed by atoms with Gasteiger partial charge in [-0.25, -0.2) is 0 Å². The van der Waals surface area contributed by atoms with Gasteiger partial charge in [-0.1, -0.05) is 0 Å². The molecule has 0 aliphatic heterocycles. The number of rotatable bonds is 11. The zero-order valence-corrected chi connectivity index (χ0v) is 14.5. The normalized spacial score (nSPS) is 14.4. The van der Waals surface area contributed by atoms with Gasteiger partial charge in [0, 0.05) is 0 Å². The maximum absolute atomic E-state index is 14.2. The Morgan fingerprint density at radius 1 is 0.636 bits per heavy atom. The molecule has 0 saturated carbocycles. The molecule has 134 valence electrons. The quantitative estimate of drug-likeness (QED) is 0.386. The maximum Gasteiger partial charge on any atom is 0.419 e. The first-order valence-corrected chi connectivity index (χ1v) is 9.62. The first kappa shape index (κ1) is 22.0.